The molecule has 0 radical (unpaired) electrons. The lowest BCUT2D eigenvalue weighted by Crippen LogP contribution is -2.51. The normalized spacial score (nSPS) is 16.3. The first-order chi connectivity index (χ1) is 8.39. The molecule has 0 saturated heterocycles. The lowest BCUT2D eigenvalue weighted by atomic mass is 9.86. The molecule has 1 heterocycles. The Balaban J connectivity index is 0.00000180. The van der Waals surface area contributed by atoms with Crippen molar-refractivity contribution in [3.8, 4) is 0 Å². The fraction of sp³-hybridized carbons (Fsp3) is 0.533. The Bertz CT molecular complexity index is 454. The summed E-state index contributed by atoms with van der Waals surface area (Å²) in [5, 5.41) is 0. The number of hydrogen-bond donors (Lipinski definition) is 1. The van der Waals surface area contributed by atoms with Crippen molar-refractivity contribution in [3.63, 3.8) is 0 Å². The fourth-order valence-corrected chi connectivity index (χ4v) is 2.25. The molecule has 106 valence electrons. The summed E-state index contributed by atoms with van der Waals surface area (Å²) in [5.74, 6) is 0.0667. The van der Waals surface area contributed by atoms with E-state index < -0.39 is 6.04 Å². The number of benzene rings is 1. The summed E-state index contributed by atoms with van der Waals surface area (Å²) < 4.78 is 0. The SMILES string of the molecule is CC(C)(C)[C@H](N)C(=O)N1CCc2ccccc2C1.Cl. The van der Waals surface area contributed by atoms with Crippen LogP contribution in [0.15, 0.2) is 24.3 Å². The smallest absolute Gasteiger partial charge is 0.240 e. The van der Waals surface area contributed by atoms with E-state index in [2.05, 4.69) is 18.2 Å². The molecule has 0 fully saturated rings. The van der Waals surface area contributed by atoms with Gasteiger partial charge in [-0.25, -0.2) is 0 Å². The van der Waals surface area contributed by atoms with Gasteiger partial charge in [-0.3, -0.25) is 4.79 Å². The monoisotopic (exact) mass is 282 g/mol. The molecule has 0 aliphatic carbocycles. The van der Waals surface area contributed by atoms with Gasteiger partial charge >= 0.3 is 0 Å². The molecular formula is C15H23ClN2O. The van der Waals surface area contributed by atoms with Gasteiger partial charge in [-0.15, -0.1) is 12.4 Å². The molecule has 19 heavy (non-hydrogen) atoms. The zero-order valence-electron chi connectivity index (χ0n) is 11.8. The van der Waals surface area contributed by atoms with Crippen molar-refractivity contribution >= 4 is 18.3 Å². The van der Waals surface area contributed by atoms with Crippen LogP contribution >= 0.6 is 12.4 Å². The van der Waals surface area contributed by atoms with E-state index in [-0.39, 0.29) is 23.7 Å². The van der Waals surface area contributed by atoms with Gasteiger partial charge in [-0.1, -0.05) is 45.0 Å². The minimum Gasteiger partial charge on any atom is -0.337 e. The molecule has 0 aromatic heterocycles. The Kier molecular flexibility index (Phi) is 4.99. The van der Waals surface area contributed by atoms with Gasteiger partial charge in [0.05, 0.1) is 6.04 Å². The third kappa shape index (κ3) is 3.48. The number of nitrogens with two attached hydrogens (primary N) is 1. The van der Waals surface area contributed by atoms with E-state index >= 15 is 0 Å². The van der Waals surface area contributed by atoms with Crippen LogP contribution in [0.3, 0.4) is 0 Å². The molecule has 1 aliphatic heterocycles. The number of hydrogen-bond acceptors (Lipinski definition) is 2. The van der Waals surface area contributed by atoms with Crippen molar-refractivity contribution in [2.24, 2.45) is 11.1 Å². The maximum absolute atomic E-state index is 12.4. The zero-order chi connectivity index (χ0) is 13.3. The number of amides is 1. The van der Waals surface area contributed by atoms with Crippen LogP contribution < -0.4 is 5.73 Å². The van der Waals surface area contributed by atoms with Crippen LogP contribution in [0.1, 0.15) is 31.9 Å². The quantitative estimate of drug-likeness (QED) is 0.860. The van der Waals surface area contributed by atoms with Crippen LogP contribution in [0.25, 0.3) is 0 Å². The molecule has 1 aromatic carbocycles. The van der Waals surface area contributed by atoms with Crippen molar-refractivity contribution in [2.45, 2.75) is 39.8 Å². The molecule has 4 heteroatoms. The van der Waals surface area contributed by atoms with Gasteiger partial charge in [0, 0.05) is 13.1 Å². The Morgan fingerprint density at radius 2 is 1.84 bits per heavy atom. The Labute approximate surface area is 121 Å². The van der Waals surface area contributed by atoms with Crippen molar-refractivity contribution in [1.82, 2.24) is 4.90 Å². The molecule has 1 amide bonds. The van der Waals surface area contributed by atoms with Crippen molar-refractivity contribution in [3.05, 3.63) is 35.4 Å². The molecule has 1 aliphatic rings. The second-order valence-corrected chi connectivity index (χ2v) is 6.12. The number of carbonyl (C=O) groups excluding carboxylic acids is 1. The van der Waals surface area contributed by atoms with Gasteiger partial charge in [0.25, 0.3) is 0 Å². The first-order valence-corrected chi connectivity index (χ1v) is 6.51. The largest absolute Gasteiger partial charge is 0.337 e. The van der Waals surface area contributed by atoms with E-state index in [9.17, 15) is 4.79 Å². The van der Waals surface area contributed by atoms with E-state index in [1.54, 1.807) is 0 Å². The van der Waals surface area contributed by atoms with E-state index in [4.69, 9.17) is 5.73 Å². The first-order valence-electron chi connectivity index (χ1n) is 6.51. The summed E-state index contributed by atoms with van der Waals surface area (Å²) in [6, 6.07) is 7.88. The first kappa shape index (κ1) is 16.0. The molecule has 0 spiro atoms. The molecular weight excluding hydrogens is 260 g/mol. The third-order valence-electron chi connectivity index (χ3n) is 3.64. The van der Waals surface area contributed by atoms with Gasteiger partial charge in [-0.2, -0.15) is 0 Å². The van der Waals surface area contributed by atoms with E-state index in [1.807, 2.05) is 31.7 Å². The molecule has 1 atom stereocenters. The van der Waals surface area contributed by atoms with Gasteiger partial charge in [0.15, 0.2) is 0 Å². The highest BCUT2D eigenvalue weighted by Crippen LogP contribution is 2.23. The number of nitrogens with zero attached hydrogens (tertiary/aromatic N) is 1. The van der Waals surface area contributed by atoms with Crippen LogP contribution in [0.4, 0.5) is 0 Å². The average Bonchev–Trinajstić information content (AvgIpc) is 2.35. The summed E-state index contributed by atoms with van der Waals surface area (Å²) in [5.41, 5.74) is 8.47. The van der Waals surface area contributed by atoms with Gasteiger partial charge in [0.1, 0.15) is 0 Å². The van der Waals surface area contributed by atoms with Crippen LogP contribution in [0.5, 0.6) is 0 Å². The molecule has 3 nitrogen and oxygen atoms in total. The van der Waals surface area contributed by atoms with E-state index in [0.717, 1.165) is 13.0 Å². The summed E-state index contributed by atoms with van der Waals surface area (Å²) >= 11 is 0. The molecule has 1 aromatic rings. The van der Waals surface area contributed by atoms with Crippen molar-refractivity contribution in [1.29, 1.82) is 0 Å². The number of halogens is 1. The highest BCUT2D eigenvalue weighted by Gasteiger charge is 2.32. The Morgan fingerprint density at radius 1 is 1.26 bits per heavy atom. The Morgan fingerprint density at radius 3 is 2.42 bits per heavy atom. The summed E-state index contributed by atoms with van der Waals surface area (Å²) in [6.45, 7) is 7.49. The molecule has 0 bridgehead atoms. The predicted octanol–water partition coefficient (Wildman–Crippen LogP) is 2.37. The number of rotatable bonds is 1. The molecule has 2 N–H and O–H groups in total. The minimum atomic E-state index is -0.428. The summed E-state index contributed by atoms with van der Waals surface area (Å²) in [7, 11) is 0. The third-order valence-corrected chi connectivity index (χ3v) is 3.64. The standard InChI is InChI=1S/C15H22N2O.ClH/c1-15(2,3)13(16)14(18)17-9-8-11-6-4-5-7-12(11)10-17;/h4-7,13H,8-10,16H2,1-3H3;1H/t13-;/m1./s1. The highest BCUT2D eigenvalue weighted by atomic mass is 35.5. The maximum Gasteiger partial charge on any atom is 0.240 e. The lowest BCUT2D eigenvalue weighted by Gasteiger charge is -2.34. The van der Waals surface area contributed by atoms with Crippen LogP contribution in [0, 0.1) is 5.41 Å². The topological polar surface area (TPSA) is 46.3 Å². The Hall–Kier alpha value is -1.06. The lowest BCUT2D eigenvalue weighted by molar-refractivity contribution is -0.135. The van der Waals surface area contributed by atoms with Crippen LogP contribution in [-0.4, -0.2) is 23.4 Å². The van der Waals surface area contributed by atoms with Crippen molar-refractivity contribution in [2.75, 3.05) is 6.54 Å². The molecule has 0 saturated carbocycles. The molecule has 0 unspecified atom stereocenters. The van der Waals surface area contributed by atoms with E-state index in [0.29, 0.717) is 6.54 Å². The fourth-order valence-electron chi connectivity index (χ4n) is 2.25. The van der Waals surface area contributed by atoms with Gasteiger partial charge in [0.2, 0.25) is 5.91 Å². The predicted molar refractivity (Wildman–Crippen MR) is 80.2 cm³/mol. The van der Waals surface area contributed by atoms with Gasteiger partial charge < -0.3 is 10.6 Å². The van der Waals surface area contributed by atoms with E-state index in [1.165, 1.54) is 11.1 Å². The van der Waals surface area contributed by atoms with Crippen LogP contribution in [-0.2, 0) is 17.8 Å². The number of carbonyl (C=O) groups is 1. The summed E-state index contributed by atoms with van der Waals surface area (Å²) in [4.78, 5) is 14.2. The highest BCUT2D eigenvalue weighted by molar-refractivity contribution is 5.85. The van der Waals surface area contributed by atoms with Crippen molar-refractivity contribution < 1.29 is 4.79 Å². The zero-order valence-corrected chi connectivity index (χ0v) is 12.7. The average molecular weight is 283 g/mol. The van der Waals surface area contributed by atoms with Gasteiger partial charge in [-0.05, 0) is 23.0 Å². The summed E-state index contributed by atoms with van der Waals surface area (Å²) in [6.07, 6.45) is 0.929. The maximum atomic E-state index is 12.4. The minimum absolute atomic E-state index is 0. The molecule has 2 rings (SSSR count). The van der Waals surface area contributed by atoms with Crippen LogP contribution in [0.2, 0.25) is 0 Å². The second kappa shape index (κ2) is 5.93. The second-order valence-electron chi connectivity index (χ2n) is 6.12. The number of fused-ring (bicyclic) bond motifs is 1.